The number of aryl methyl sites for hydroxylation is 2. The van der Waals surface area contributed by atoms with Crippen molar-refractivity contribution in [3.8, 4) is 17.3 Å². The Morgan fingerprint density at radius 3 is 2.71 bits per heavy atom. The summed E-state index contributed by atoms with van der Waals surface area (Å²) < 4.78 is 5.50. The number of nitrogens with one attached hydrogen (secondary N) is 1. The zero-order valence-corrected chi connectivity index (χ0v) is 20.7. The molecular formula is C26H23N5O2S2. The van der Waals surface area contributed by atoms with Gasteiger partial charge in [-0.3, -0.25) is 4.79 Å². The second kappa shape index (κ2) is 9.38. The highest BCUT2D eigenvalue weighted by Crippen LogP contribution is 2.37. The van der Waals surface area contributed by atoms with Crippen molar-refractivity contribution < 1.29 is 4.74 Å². The van der Waals surface area contributed by atoms with Crippen molar-refractivity contribution in [1.29, 1.82) is 5.26 Å². The van der Waals surface area contributed by atoms with Crippen molar-refractivity contribution in [2.24, 2.45) is 0 Å². The number of thiazole rings is 1. The highest BCUT2D eigenvalue weighted by atomic mass is 32.1. The average Bonchev–Trinajstić information content (AvgIpc) is 3.50. The smallest absolute Gasteiger partial charge is 0.260 e. The minimum Gasteiger partial charge on any atom is -0.378 e. The number of aromatic nitrogens is 3. The number of hydrogen-bond donors (Lipinski definition) is 1. The normalized spacial score (nSPS) is 16.3. The topological polar surface area (TPSA) is 94.9 Å². The van der Waals surface area contributed by atoms with Crippen LogP contribution >= 0.6 is 22.7 Å². The molecule has 0 amide bonds. The third-order valence-corrected chi connectivity index (χ3v) is 8.70. The van der Waals surface area contributed by atoms with Crippen LogP contribution in [-0.4, -0.2) is 41.3 Å². The van der Waals surface area contributed by atoms with Gasteiger partial charge in [0.25, 0.3) is 5.56 Å². The monoisotopic (exact) mass is 501 g/mol. The van der Waals surface area contributed by atoms with Crippen LogP contribution in [0.3, 0.4) is 0 Å². The van der Waals surface area contributed by atoms with E-state index in [4.69, 9.17) is 14.7 Å². The van der Waals surface area contributed by atoms with Crippen LogP contribution in [0, 0.1) is 11.3 Å². The lowest BCUT2D eigenvalue weighted by Crippen LogP contribution is -2.36. The Balaban J connectivity index is 1.46. The van der Waals surface area contributed by atoms with Crippen LogP contribution in [0.15, 0.2) is 35.1 Å². The Hall–Kier alpha value is -3.32. The van der Waals surface area contributed by atoms with Gasteiger partial charge < -0.3 is 14.6 Å². The second-order valence-electron chi connectivity index (χ2n) is 8.65. The summed E-state index contributed by atoms with van der Waals surface area (Å²) in [4.78, 5) is 30.7. The van der Waals surface area contributed by atoms with Crippen molar-refractivity contribution in [2.75, 3.05) is 31.2 Å². The van der Waals surface area contributed by atoms with Crippen LogP contribution in [0.2, 0.25) is 0 Å². The van der Waals surface area contributed by atoms with Gasteiger partial charge in [0.2, 0.25) is 0 Å². The van der Waals surface area contributed by atoms with Gasteiger partial charge in [0.05, 0.1) is 34.7 Å². The fourth-order valence-electron chi connectivity index (χ4n) is 4.69. The van der Waals surface area contributed by atoms with Crippen LogP contribution in [0.1, 0.15) is 34.0 Å². The van der Waals surface area contributed by atoms with Gasteiger partial charge in [-0.1, -0.05) is 41.7 Å². The van der Waals surface area contributed by atoms with E-state index in [0.717, 1.165) is 70.4 Å². The van der Waals surface area contributed by atoms with Gasteiger partial charge in [-0.2, -0.15) is 5.26 Å². The largest absolute Gasteiger partial charge is 0.378 e. The Bertz CT molecular complexity index is 1520. The number of aromatic amines is 1. The first-order valence-electron chi connectivity index (χ1n) is 11.8. The number of allylic oxidation sites excluding steroid dienone is 1. The molecule has 0 atom stereocenters. The number of hydrogen-bond acceptors (Lipinski definition) is 8. The molecule has 1 aliphatic carbocycles. The summed E-state index contributed by atoms with van der Waals surface area (Å²) in [6, 6.07) is 12.2. The molecule has 4 heterocycles. The molecule has 7 nitrogen and oxygen atoms in total. The quantitative estimate of drug-likeness (QED) is 0.400. The van der Waals surface area contributed by atoms with Gasteiger partial charge in [0, 0.05) is 23.5 Å². The van der Waals surface area contributed by atoms with Crippen molar-refractivity contribution in [3.63, 3.8) is 0 Å². The Kier molecular flexibility index (Phi) is 5.94. The van der Waals surface area contributed by atoms with E-state index < -0.39 is 0 Å². The van der Waals surface area contributed by atoms with Gasteiger partial charge in [0.1, 0.15) is 10.9 Å². The lowest BCUT2D eigenvalue weighted by molar-refractivity contribution is 0.122. The number of rotatable bonds is 4. The van der Waals surface area contributed by atoms with Gasteiger partial charge in [-0.25, -0.2) is 9.97 Å². The van der Waals surface area contributed by atoms with Crippen molar-refractivity contribution in [1.82, 2.24) is 15.0 Å². The van der Waals surface area contributed by atoms with Crippen LogP contribution in [-0.2, 0) is 17.6 Å². The summed E-state index contributed by atoms with van der Waals surface area (Å²) in [6.07, 6.45) is 5.97. The van der Waals surface area contributed by atoms with E-state index in [1.165, 1.54) is 4.88 Å². The number of H-pyrrole nitrogens is 1. The van der Waals surface area contributed by atoms with Gasteiger partial charge in [-0.15, -0.1) is 11.3 Å². The summed E-state index contributed by atoms with van der Waals surface area (Å²) in [7, 11) is 0. The van der Waals surface area contributed by atoms with Crippen molar-refractivity contribution >= 4 is 49.7 Å². The maximum atomic E-state index is 13.1. The first-order valence-corrected chi connectivity index (χ1v) is 13.4. The second-order valence-corrected chi connectivity index (χ2v) is 10.7. The van der Waals surface area contributed by atoms with Crippen LogP contribution < -0.4 is 10.5 Å². The van der Waals surface area contributed by atoms with E-state index in [1.807, 2.05) is 36.4 Å². The maximum Gasteiger partial charge on any atom is 0.260 e. The zero-order valence-electron chi connectivity index (χ0n) is 19.0. The summed E-state index contributed by atoms with van der Waals surface area (Å²) in [5, 5.41) is 11.7. The fourth-order valence-corrected chi connectivity index (χ4v) is 7.03. The van der Waals surface area contributed by atoms with Gasteiger partial charge in [-0.05, 0) is 37.3 Å². The lowest BCUT2D eigenvalue weighted by Gasteiger charge is -2.26. The van der Waals surface area contributed by atoms with Crippen molar-refractivity contribution in [2.45, 2.75) is 25.7 Å². The molecule has 1 aliphatic heterocycles. The molecule has 0 unspecified atom stereocenters. The third kappa shape index (κ3) is 4.18. The first-order chi connectivity index (χ1) is 17.2. The SMILES string of the molecule is N#C/C(=C\c1sc(N2CCOCC2)nc1-c1ccccc1)c1nc2sc3c(c2c(=O)[nH]1)CCCC3. The minimum absolute atomic E-state index is 0.160. The molecule has 2 aliphatic rings. The van der Waals surface area contributed by atoms with Crippen LogP contribution in [0.5, 0.6) is 0 Å². The summed E-state index contributed by atoms with van der Waals surface area (Å²) >= 11 is 3.13. The maximum absolute atomic E-state index is 13.1. The zero-order chi connectivity index (χ0) is 23.8. The molecular weight excluding hydrogens is 478 g/mol. The van der Waals surface area contributed by atoms with E-state index in [0.29, 0.717) is 30.0 Å². The molecule has 1 N–H and O–H groups in total. The highest BCUT2D eigenvalue weighted by Gasteiger charge is 2.22. The standard InChI is InChI=1S/C26H23N5O2S2/c27-15-17(23-29-24(32)21-18-8-4-5-9-19(18)34-25(21)30-23)14-20-22(16-6-2-1-3-7-16)28-26(35-20)31-10-12-33-13-11-31/h1-3,6-7,14H,4-5,8-13H2,(H,29,30,32)/b17-14+. The number of thiophene rings is 1. The number of benzene rings is 1. The molecule has 0 saturated carbocycles. The molecule has 0 bridgehead atoms. The van der Waals surface area contributed by atoms with E-state index in [2.05, 4.69) is 16.0 Å². The minimum atomic E-state index is -0.160. The van der Waals surface area contributed by atoms with E-state index in [-0.39, 0.29) is 5.56 Å². The predicted molar refractivity (Wildman–Crippen MR) is 141 cm³/mol. The molecule has 4 aromatic rings. The summed E-state index contributed by atoms with van der Waals surface area (Å²) in [5.74, 6) is 0.309. The third-order valence-electron chi connectivity index (χ3n) is 6.45. The predicted octanol–water partition coefficient (Wildman–Crippen LogP) is 4.89. The first kappa shape index (κ1) is 22.2. The summed E-state index contributed by atoms with van der Waals surface area (Å²) in [5.41, 5.74) is 3.11. The fraction of sp³-hybridized carbons (Fsp3) is 0.308. The molecule has 1 fully saturated rings. The molecule has 176 valence electrons. The molecule has 9 heteroatoms. The number of anilines is 1. The molecule has 0 spiro atoms. The number of ether oxygens (including phenoxy) is 1. The molecule has 1 aromatic carbocycles. The van der Waals surface area contributed by atoms with E-state index >= 15 is 0 Å². The Labute approximate surface area is 210 Å². The molecule has 1 saturated heterocycles. The van der Waals surface area contributed by atoms with E-state index in [9.17, 15) is 10.1 Å². The number of nitriles is 1. The van der Waals surface area contributed by atoms with Crippen LogP contribution in [0.25, 0.3) is 33.1 Å². The lowest BCUT2D eigenvalue weighted by atomic mass is 9.97. The molecule has 35 heavy (non-hydrogen) atoms. The van der Waals surface area contributed by atoms with E-state index in [1.54, 1.807) is 22.7 Å². The highest BCUT2D eigenvalue weighted by molar-refractivity contribution is 7.18. The van der Waals surface area contributed by atoms with Crippen molar-refractivity contribution in [3.05, 3.63) is 61.8 Å². The number of fused-ring (bicyclic) bond motifs is 3. The van der Waals surface area contributed by atoms with Gasteiger partial charge >= 0.3 is 0 Å². The van der Waals surface area contributed by atoms with Crippen LogP contribution in [0.4, 0.5) is 5.13 Å². The Morgan fingerprint density at radius 2 is 1.91 bits per heavy atom. The summed E-state index contributed by atoms with van der Waals surface area (Å²) in [6.45, 7) is 2.91. The Morgan fingerprint density at radius 1 is 1.11 bits per heavy atom. The molecule has 3 aromatic heterocycles. The molecule has 6 rings (SSSR count). The van der Waals surface area contributed by atoms with Gasteiger partial charge in [0.15, 0.2) is 11.0 Å². The average molecular weight is 502 g/mol. The molecule has 0 radical (unpaired) electrons. The number of morpholine rings is 1. The number of nitrogens with zero attached hydrogens (tertiary/aromatic N) is 4.